The molecule has 3 aromatic rings. The molecule has 2 fully saturated rings. The number of piperidine rings is 2. The zero-order valence-corrected chi connectivity index (χ0v) is 22.1. The van der Waals surface area contributed by atoms with Gasteiger partial charge in [-0.25, -0.2) is 18.4 Å². The second kappa shape index (κ2) is 9.64. The lowest BCUT2D eigenvalue weighted by Crippen LogP contribution is -2.48. The summed E-state index contributed by atoms with van der Waals surface area (Å²) in [6.45, 7) is 9.38. The standard InChI is InChI=1S/C27H37N5O2S/c1-19(2)31-15-11-23(12-16-31)32-13-9-20(10-14-32)22-17-25-26(28-18-22)29-27(30(25)3)21-5-7-24(8-6-21)35(4,33)34/h5-8,17-20,23H,9-16H2,1-4H3. The Labute approximate surface area is 209 Å². The number of aryl methyl sites for hydroxylation is 1. The van der Waals surface area contributed by atoms with Crippen LogP contribution in [0.2, 0.25) is 0 Å². The van der Waals surface area contributed by atoms with Gasteiger partial charge in [0, 0.05) is 37.1 Å². The quantitative estimate of drug-likeness (QED) is 0.531. The van der Waals surface area contributed by atoms with Crippen LogP contribution >= 0.6 is 0 Å². The van der Waals surface area contributed by atoms with Gasteiger partial charge in [-0.1, -0.05) is 0 Å². The number of fused-ring (bicyclic) bond motifs is 1. The largest absolute Gasteiger partial charge is 0.326 e. The van der Waals surface area contributed by atoms with Gasteiger partial charge in [0.15, 0.2) is 15.5 Å². The number of nitrogens with zero attached hydrogens (tertiary/aromatic N) is 5. The number of likely N-dealkylation sites (tertiary alicyclic amines) is 2. The van der Waals surface area contributed by atoms with Crippen molar-refractivity contribution in [1.82, 2.24) is 24.3 Å². The Balaban J connectivity index is 1.28. The molecule has 2 aliphatic heterocycles. The Bertz CT molecular complexity index is 1280. The van der Waals surface area contributed by atoms with Crippen molar-refractivity contribution in [3.63, 3.8) is 0 Å². The van der Waals surface area contributed by atoms with Gasteiger partial charge in [-0.05, 0) is 108 Å². The number of rotatable bonds is 5. The monoisotopic (exact) mass is 495 g/mol. The van der Waals surface area contributed by atoms with E-state index >= 15 is 0 Å². The highest BCUT2D eigenvalue weighted by Gasteiger charge is 2.29. The highest BCUT2D eigenvalue weighted by atomic mass is 32.2. The molecule has 4 heterocycles. The van der Waals surface area contributed by atoms with Gasteiger partial charge in [0.25, 0.3) is 0 Å². The van der Waals surface area contributed by atoms with Crippen LogP contribution in [0.1, 0.15) is 51.0 Å². The average Bonchev–Trinajstić information content (AvgIpc) is 3.19. The van der Waals surface area contributed by atoms with Crippen LogP contribution < -0.4 is 0 Å². The third-order valence-electron chi connectivity index (χ3n) is 8.05. The van der Waals surface area contributed by atoms with Gasteiger partial charge >= 0.3 is 0 Å². The van der Waals surface area contributed by atoms with E-state index in [9.17, 15) is 8.42 Å². The number of imidazole rings is 1. The fourth-order valence-corrected chi connectivity index (χ4v) is 6.41. The van der Waals surface area contributed by atoms with E-state index in [-0.39, 0.29) is 0 Å². The smallest absolute Gasteiger partial charge is 0.178 e. The predicted molar refractivity (Wildman–Crippen MR) is 140 cm³/mol. The van der Waals surface area contributed by atoms with Gasteiger partial charge in [0.1, 0.15) is 5.82 Å². The Morgan fingerprint density at radius 2 is 1.63 bits per heavy atom. The molecule has 0 unspecified atom stereocenters. The summed E-state index contributed by atoms with van der Waals surface area (Å²) in [5.74, 6) is 1.33. The summed E-state index contributed by atoms with van der Waals surface area (Å²) in [6, 6.07) is 10.6. The fraction of sp³-hybridized carbons (Fsp3) is 0.556. The highest BCUT2D eigenvalue weighted by molar-refractivity contribution is 7.90. The molecule has 35 heavy (non-hydrogen) atoms. The molecule has 0 radical (unpaired) electrons. The van der Waals surface area contributed by atoms with Crippen LogP contribution in [0.4, 0.5) is 0 Å². The lowest BCUT2D eigenvalue weighted by molar-refractivity contribution is 0.0753. The zero-order chi connectivity index (χ0) is 24.7. The van der Waals surface area contributed by atoms with Crippen LogP contribution in [0, 0.1) is 0 Å². The number of sulfone groups is 1. The zero-order valence-electron chi connectivity index (χ0n) is 21.3. The molecule has 2 aromatic heterocycles. The summed E-state index contributed by atoms with van der Waals surface area (Å²) in [7, 11) is -1.21. The molecule has 2 saturated heterocycles. The van der Waals surface area contributed by atoms with Crippen LogP contribution in [0.25, 0.3) is 22.6 Å². The third-order valence-corrected chi connectivity index (χ3v) is 9.18. The molecule has 188 valence electrons. The van der Waals surface area contributed by atoms with Crippen molar-refractivity contribution in [3.8, 4) is 11.4 Å². The minimum Gasteiger partial charge on any atom is -0.326 e. The Morgan fingerprint density at radius 3 is 2.23 bits per heavy atom. The average molecular weight is 496 g/mol. The highest BCUT2D eigenvalue weighted by Crippen LogP contribution is 2.33. The van der Waals surface area contributed by atoms with Crippen molar-refractivity contribution in [1.29, 1.82) is 0 Å². The molecule has 5 rings (SSSR count). The Hall–Kier alpha value is -2.29. The molecule has 7 nitrogen and oxygen atoms in total. The number of benzene rings is 1. The van der Waals surface area contributed by atoms with Crippen LogP contribution in [0.5, 0.6) is 0 Å². The molecule has 0 saturated carbocycles. The van der Waals surface area contributed by atoms with Gasteiger partial charge in [-0.3, -0.25) is 0 Å². The second-order valence-electron chi connectivity index (χ2n) is 10.6. The second-order valence-corrected chi connectivity index (χ2v) is 12.6. The van der Waals surface area contributed by atoms with Crippen LogP contribution in [-0.4, -0.2) is 77.3 Å². The summed E-state index contributed by atoms with van der Waals surface area (Å²) >= 11 is 0. The summed E-state index contributed by atoms with van der Waals surface area (Å²) in [6.07, 6.45) is 8.17. The first-order valence-corrected chi connectivity index (χ1v) is 14.7. The Kier molecular flexibility index (Phi) is 6.72. The van der Waals surface area contributed by atoms with Crippen molar-refractivity contribution in [2.75, 3.05) is 32.4 Å². The van der Waals surface area contributed by atoms with E-state index in [1.807, 2.05) is 25.4 Å². The summed E-state index contributed by atoms with van der Waals surface area (Å²) in [4.78, 5) is 15.1. The van der Waals surface area contributed by atoms with Crippen LogP contribution in [-0.2, 0) is 16.9 Å². The summed E-state index contributed by atoms with van der Waals surface area (Å²) in [5, 5.41) is 0. The molecule has 2 aliphatic rings. The molecule has 8 heteroatoms. The molecular weight excluding hydrogens is 458 g/mol. The van der Waals surface area contributed by atoms with Crippen molar-refractivity contribution < 1.29 is 8.42 Å². The number of aromatic nitrogens is 3. The topological polar surface area (TPSA) is 71.3 Å². The fourth-order valence-electron chi connectivity index (χ4n) is 5.78. The molecule has 0 N–H and O–H groups in total. The molecule has 0 aliphatic carbocycles. The molecule has 0 bridgehead atoms. The number of pyridine rings is 1. The van der Waals surface area contributed by atoms with E-state index in [0.29, 0.717) is 16.9 Å². The molecular formula is C27H37N5O2S. The van der Waals surface area contributed by atoms with Crippen molar-refractivity contribution >= 4 is 21.0 Å². The number of hydrogen-bond acceptors (Lipinski definition) is 6. The molecule has 0 atom stereocenters. The number of hydrogen-bond donors (Lipinski definition) is 0. The maximum atomic E-state index is 11.8. The van der Waals surface area contributed by atoms with E-state index in [0.717, 1.165) is 28.6 Å². The predicted octanol–water partition coefficient (Wildman–Crippen LogP) is 4.09. The minimum absolute atomic E-state index is 0.317. The van der Waals surface area contributed by atoms with Crippen molar-refractivity contribution in [2.24, 2.45) is 7.05 Å². The first-order chi connectivity index (χ1) is 16.7. The van der Waals surface area contributed by atoms with Gasteiger partial charge in [-0.2, -0.15) is 0 Å². The van der Waals surface area contributed by atoms with E-state index in [4.69, 9.17) is 9.97 Å². The van der Waals surface area contributed by atoms with Gasteiger partial charge in [0.2, 0.25) is 0 Å². The lowest BCUT2D eigenvalue weighted by Gasteiger charge is -2.42. The van der Waals surface area contributed by atoms with Crippen molar-refractivity contribution in [2.45, 2.75) is 62.4 Å². The maximum Gasteiger partial charge on any atom is 0.178 e. The Morgan fingerprint density at radius 1 is 0.971 bits per heavy atom. The SMILES string of the molecule is CC(C)N1CCC(N2CCC(c3cnc4nc(-c5ccc(S(C)(=O)=O)cc5)n(C)c4c3)CC2)CC1. The third kappa shape index (κ3) is 5.01. The first kappa shape index (κ1) is 24.4. The molecule has 1 aromatic carbocycles. The van der Waals surface area contributed by atoms with E-state index in [1.165, 1.54) is 63.7 Å². The molecule has 0 amide bonds. The van der Waals surface area contributed by atoms with Gasteiger partial charge in [0.05, 0.1) is 10.4 Å². The van der Waals surface area contributed by atoms with Crippen molar-refractivity contribution in [3.05, 3.63) is 42.1 Å². The van der Waals surface area contributed by atoms with Crippen LogP contribution in [0.3, 0.4) is 0 Å². The van der Waals surface area contributed by atoms with E-state index < -0.39 is 9.84 Å². The molecule has 0 spiro atoms. The first-order valence-electron chi connectivity index (χ1n) is 12.8. The van der Waals surface area contributed by atoms with E-state index in [1.54, 1.807) is 12.1 Å². The van der Waals surface area contributed by atoms with E-state index in [2.05, 4.69) is 34.3 Å². The summed E-state index contributed by atoms with van der Waals surface area (Å²) < 4.78 is 25.6. The normalized spacial score (nSPS) is 19.7. The minimum atomic E-state index is -3.22. The van der Waals surface area contributed by atoms with Crippen LogP contribution in [0.15, 0.2) is 41.4 Å². The maximum absolute atomic E-state index is 11.8. The lowest BCUT2D eigenvalue weighted by atomic mass is 9.88. The van der Waals surface area contributed by atoms with Gasteiger partial charge in [-0.15, -0.1) is 0 Å². The van der Waals surface area contributed by atoms with Gasteiger partial charge < -0.3 is 14.4 Å². The summed E-state index contributed by atoms with van der Waals surface area (Å²) in [5.41, 5.74) is 3.94.